The van der Waals surface area contributed by atoms with Gasteiger partial charge in [-0.05, 0) is 25.0 Å². The normalized spacial score (nSPS) is 16.4. The number of anilines is 1. The molecule has 21 heavy (non-hydrogen) atoms. The second-order valence-corrected chi connectivity index (χ2v) is 5.43. The summed E-state index contributed by atoms with van der Waals surface area (Å²) in [6.45, 7) is 0.278. The molecule has 0 radical (unpaired) electrons. The zero-order valence-electron chi connectivity index (χ0n) is 11.4. The Balaban J connectivity index is 2.06. The molecule has 1 amide bonds. The zero-order valence-corrected chi connectivity index (χ0v) is 11.4. The number of rotatable bonds is 3. The van der Waals surface area contributed by atoms with Crippen LogP contribution in [0.5, 0.6) is 0 Å². The van der Waals surface area contributed by atoms with Crippen molar-refractivity contribution in [3.63, 3.8) is 0 Å². The quantitative estimate of drug-likeness (QED) is 0.648. The number of carbonyl (C=O) groups is 1. The van der Waals surface area contributed by atoms with E-state index in [1.807, 2.05) is 0 Å². The van der Waals surface area contributed by atoms with E-state index >= 15 is 0 Å². The lowest BCUT2D eigenvalue weighted by molar-refractivity contribution is -0.129. The summed E-state index contributed by atoms with van der Waals surface area (Å²) in [6, 6.07) is 4.78. The summed E-state index contributed by atoms with van der Waals surface area (Å²) in [5.41, 5.74) is 4.65. The number of nitrogens with two attached hydrogens (primary N) is 1. The average Bonchev–Trinajstić information content (AvgIpc) is 2.42. The van der Waals surface area contributed by atoms with Crippen molar-refractivity contribution in [1.29, 1.82) is 0 Å². The number of nitrogens with one attached hydrogen (secondary N) is 3. The third kappa shape index (κ3) is 2.06. The standard InChI is InChI=1S/C14H16N4O3/c15-7-14(5-2-6-14)13(21)16-9-4-1-3-8-10(9)12(20)18-17-11(8)19/h1,3-4H,2,5-7,15H2,(H,16,21)(H,17,19)(H,18,20). The molecule has 1 aliphatic carbocycles. The van der Waals surface area contributed by atoms with Crippen LogP contribution in [0.15, 0.2) is 27.8 Å². The molecule has 0 saturated heterocycles. The Morgan fingerprint density at radius 1 is 1.24 bits per heavy atom. The predicted octanol–water partition coefficient (Wildman–Crippen LogP) is 0.284. The third-order valence-electron chi connectivity index (χ3n) is 4.26. The average molecular weight is 288 g/mol. The Hall–Kier alpha value is -2.41. The molecule has 0 unspecified atom stereocenters. The minimum absolute atomic E-state index is 0.182. The van der Waals surface area contributed by atoms with Crippen LogP contribution in [0.2, 0.25) is 0 Å². The number of benzene rings is 1. The first-order chi connectivity index (χ1) is 10.1. The largest absolute Gasteiger partial charge is 0.329 e. The van der Waals surface area contributed by atoms with Gasteiger partial charge in [-0.3, -0.25) is 24.6 Å². The molecular formula is C14H16N4O3. The molecule has 7 heteroatoms. The lowest BCUT2D eigenvalue weighted by Crippen LogP contribution is -2.47. The lowest BCUT2D eigenvalue weighted by atomic mass is 9.68. The van der Waals surface area contributed by atoms with Crippen LogP contribution < -0.4 is 22.2 Å². The molecule has 110 valence electrons. The lowest BCUT2D eigenvalue weighted by Gasteiger charge is -2.39. The third-order valence-corrected chi connectivity index (χ3v) is 4.26. The van der Waals surface area contributed by atoms with Crippen LogP contribution in [0, 0.1) is 5.41 Å². The van der Waals surface area contributed by atoms with E-state index in [0.717, 1.165) is 19.3 Å². The second-order valence-electron chi connectivity index (χ2n) is 5.43. The Bertz CT molecular complexity index is 811. The summed E-state index contributed by atoms with van der Waals surface area (Å²) in [5, 5.41) is 7.71. The SMILES string of the molecule is NCC1(C(=O)Nc2cccc3c(=O)[nH][nH]c(=O)c23)CCC1. The van der Waals surface area contributed by atoms with E-state index in [-0.39, 0.29) is 23.2 Å². The van der Waals surface area contributed by atoms with E-state index in [9.17, 15) is 14.4 Å². The van der Waals surface area contributed by atoms with Crippen LogP contribution in [0.25, 0.3) is 10.8 Å². The van der Waals surface area contributed by atoms with Gasteiger partial charge >= 0.3 is 0 Å². The summed E-state index contributed by atoms with van der Waals surface area (Å²) < 4.78 is 0. The molecule has 1 fully saturated rings. The zero-order chi connectivity index (χ0) is 15.0. The van der Waals surface area contributed by atoms with Crippen molar-refractivity contribution < 1.29 is 4.79 Å². The summed E-state index contributed by atoms with van der Waals surface area (Å²) in [7, 11) is 0. The molecule has 2 aromatic rings. The van der Waals surface area contributed by atoms with Gasteiger partial charge in [0.15, 0.2) is 0 Å². The van der Waals surface area contributed by atoms with Crippen LogP contribution in [0.4, 0.5) is 5.69 Å². The molecule has 0 aliphatic heterocycles. The predicted molar refractivity (Wildman–Crippen MR) is 79.2 cm³/mol. The first kappa shape index (κ1) is 13.6. The van der Waals surface area contributed by atoms with Crippen molar-refractivity contribution in [3.05, 3.63) is 38.9 Å². The fourth-order valence-electron chi connectivity index (χ4n) is 2.72. The monoisotopic (exact) mass is 288 g/mol. The maximum absolute atomic E-state index is 12.4. The van der Waals surface area contributed by atoms with Gasteiger partial charge in [0, 0.05) is 6.54 Å². The van der Waals surface area contributed by atoms with Crippen LogP contribution in [0.1, 0.15) is 19.3 Å². The van der Waals surface area contributed by atoms with Crippen LogP contribution >= 0.6 is 0 Å². The van der Waals surface area contributed by atoms with Crippen molar-refractivity contribution in [2.75, 3.05) is 11.9 Å². The van der Waals surface area contributed by atoms with E-state index < -0.39 is 16.5 Å². The molecule has 3 rings (SSSR count). The van der Waals surface area contributed by atoms with Crippen molar-refractivity contribution in [3.8, 4) is 0 Å². The van der Waals surface area contributed by atoms with Crippen LogP contribution in [-0.4, -0.2) is 22.6 Å². The van der Waals surface area contributed by atoms with Gasteiger partial charge < -0.3 is 11.1 Å². The van der Waals surface area contributed by atoms with E-state index in [1.54, 1.807) is 18.2 Å². The Morgan fingerprint density at radius 2 is 1.95 bits per heavy atom. The second kappa shape index (κ2) is 4.85. The number of H-pyrrole nitrogens is 2. The highest BCUT2D eigenvalue weighted by Gasteiger charge is 2.42. The van der Waals surface area contributed by atoms with Gasteiger partial charge in [0.1, 0.15) is 0 Å². The molecule has 0 spiro atoms. The number of aromatic nitrogens is 2. The minimum atomic E-state index is -0.546. The number of hydrogen-bond donors (Lipinski definition) is 4. The van der Waals surface area contributed by atoms with E-state index in [2.05, 4.69) is 15.5 Å². The highest BCUT2D eigenvalue weighted by Crippen LogP contribution is 2.41. The van der Waals surface area contributed by atoms with E-state index in [0.29, 0.717) is 5.69 Å². The Labute approximate surface area is 119 Å². The molecule has 7 nitrogen and oxygen atoms in total. The van der Waals surface area contributed by atoms with Gasteiger partial charge in [-0.25, -0.2) is 0 Å². The molecule has 1 heterocycles. The van der Waals surface area contributed by atoms with Gasteiger partial charge in [-0.2, -0.15) is 0 Å². The van der Waals surface area contributed by atoms with Gasteiger partial charge in [-0.1, -0.05) is 12.5 Å². The fraction of sp³-hybridized carbons (Fsp3) is 0.357. The number of aromatic amines is 2. The summed E-state index contributed by atoms with van der Waals surface area (Å²) >= 11 is 0. The Kier molecular flexibility index (Phi) is 3.13. The maximum atomic E-state index is 12.4. The molecule has 0 atom stereocenters. The molecule has 1 saturated carbocycles. The smallest absolute Gasteiger partial charge is 0.272 e. The molecule has 1 aromatic heterocycles. The van der Waals surface area contributed by atoms with Gasteiger partial charge in [-0.15, -0.1) is 0 Å². The van der Waals surface area contributed by atoms with Crippen molar-refractivity contribution in [2.45, 2.75) is 19.3 Å². The molecular weight excluding hydrogens is 272 g/mol. The van der Waals surface area contributed by atoms with E-state index in [1.165, 1.54) is 0 Å². The highest BCUT2D eigenvalue weighted by molar-refractivity contribution is 6.03. The van der Waals surface area contributed by atoms with Gasteiger partial charge in [0.2, 0.25) is 5.91 Å². The first-order valence-electron chi connectivity index (χ1n) is 6.83. The maximum Gasteiger partial charge on any atom is 0.272 e. The van der Waals surface area contributed by atoms with Crippen molar-refractivity contribution in [1.82, 2.24) is 10.2 Å². The molecule has 1 aliphatic rings. The van der Waals surface area contributed by atoms with Crippen molar-refractivity contribution in [2.24, 2.45) is 11.1 Å². The minimum Gasteiger partial charge on any atom is -0.329 e. The fourth-order valence-corrected chi connectivity index (χ4v) is 2.72. The molecule has 1 aromatic carbocycles. The number of fused-ring (bicyclic) bond motifs is 1. The molecule has 5 N–H and O–H groups in total. The number of hydrogen-bond acceptors (Lipinski definition) is 4. The first-order valence-corrected chi connectivity index (χ1v) is 6.83. The number of amides is 1. The Morgan fingerprint density at radius 3 is 2.57 bits per heavy atom. The van der Waals surface area contributed by atoms with Crippen LogP contribution in [0.3, 0.4) is 0 Å². The van der Waals surface area contributed by atoms with Gasteiger partial charge in [0.25, 0.3) is 11.1 Å². The highest BCUT2D eigenvalue weighted by atomic mass is 16.2. The summed E-state index contributed by atoms with van der Waals surface area (Å²) in [4.78, 5) is 36.1. The van der Waals surface area contributed by atoms with Crippen molar-refractivity contribution >= 4 is 22.4 Å². The topological polar surface area (TPSA) is 121 Å². The summed E-state index contributed by atoms with van der Waals surface area (Å²) in [5.74, 6) is -0.191. The summed E-state index contributed by atoms with van der Waals surface area (Å²) in [6.07, 6.45) is 2.47. The van der Waals surface area contributed by atoms with E-state index in [4.69, 9.17) is 5.73 Å². The van der Waals surface area contributed by atoms with Gasteiger partial charge in [0.05, 0.1) is 21.9 Å². The number of carbonyl (C=O) groups excluding carboxylic acids is 1. The van der Waals surface area contributed by atoms with Crippen LogP contribution in [-0.2, 0) is 4.79 Å². The molecule has 0 bridgehead atoms.